The molecule has 0 bridgehead atoms. The Morgan fingerprint density at radius 2 is 2.10 bits per heavy atom. The molecule has 0 fully saturated rings. The molecule has 2 rings (SSSR count). The maximum absolute atomic E-state index is 11.8. The van der Waals surface area contributed by atoms with E-state index < -0.39 is 0 Å². The Morgan fingerprint density at radius 1 is 1.38 bits per heavy atom. The van der Waals surface area contributed by atoms with Crippen LogP contribution in [0.25, 0.3) is 10.8 Å². The molecule has 1 aromatic heterocycles. The topological polar surface area (TPSA) is 67.0 Å². The van der Waals surface area contributed by atoms with Crippen LogP contribution >= 0.6 is 0 Å². The molecule has 0 spiro atoms. The van der Waals surface area contributed by atoms with Gasteiger partial charge in [-0.15, -0.1) is 0 Å². The van der Waals surface area contributed by atoms with E-state index in [0.29, 0.717) is 11.8 Å². The van der Waals surface area contributed by atoms with Crippen LogP contribution in [0.15, 0.2) is 52.5 Å². The van der Waals surface area contributed by atoms with Crippen molar-refractivity contribution in [1.29, 1.82) is 0 Å². The fourth-order valence-electron chi connectivity index (χ4n) is 2.18. The summed E-state index contributed by atoms with van der Waals surface area (Å²) in [5.41, 5.74) is 5.48. The first-order chi connectivity index (χ1) is 10.2. The third kappa shape index (κ3) is 3.58. The summed E-state index contributed by atoms with van der Waals surface area (Å²) in [6.07, 6.45) is 4.57. The lowest BCUT2D eigenvalue weighted by atomic mass is 10.0. The summed E-state index contributed by atoms with van der Waals surface area (Å²) in [6.45, 7) is 3.95. The summed E-state index contributed by atoms with van der Waals surface area (Å²) in [7, 11) is 1.57. The van der Waals surface area contributed by atoms with Crippen LogP contribution < -0.4 is 11.0 Å². The molecule has 0 amide bonds. The van der Waals surface area contributed by atoms with Crippen molar-refractivity contribution < 1.29 is 4.84 Å². The summed E-state index contributed by atoms with van der Waals surface area (Å²) in [4.78, 5) is 16.7. The predicted octanol–water partition coefficient (Wildman–Crippen LogP) is 2.47. The van der Waals surface area contributed by atoms with Crippen molar-refractivity contribution in [2.24, 2.45) is 0 Å². The summed E-state index contributed by atoms with van der Waals surface area (Å²) < 4.78 is 0. The van der Waals surface area contributed by atoms with Gasteiger partial charge in [-0.3, -0.25) is 15.1 Å². The second-order valence-corrected chi connectivity index (χ2v) is 4.76. The zero-order valence-electron chi connectivity index (χ0n) is 12.4. The van der Waals surface area contributed by atoms with Crippen molar-refractivity contribution in [2.75, 3.05) is 7.11 Å². The fraction of sp³-hybridized carbons (Fsp3) is 0.250. The molecule has 5 nitrogen and oxygen atoms in total. The van der Waals surface area contributed by atoms with Crippen molar-refractivity contribution >= 4 is 10.8 Å². The van der Waals surface area contributed by atoms with Gasteiger partial charge in [0.2, 0.25) is 0 Å². The van der Waals surface area contributed by atoms with Crippen LogP contribution in [0.3, 0.4) is 0 Å². The van der Waals surface area contributed by atoms with Gasteiger partial charge in [0.1, 0.15) is 0 Å². The van der Waals surface area contributed by atoms with Crippen molar-refractivity contribution in [2.45, 2.75) is 20.3 Å². The quantitative estimate of drug-likeness (QED) is 0.654. The molecule has 0 radical (unpaired) electrons. The van der Waals surface area contributed by atoms with E-state index in [2.05, 4.69) is 15.7 Å². The molecule has 0 unspecified atom stereocenters. The van der Waals surface area contributed by atoms with Gasteiger partial charge in [-0.2, -0.15) is 5.10 Å². The normalized spacial score (nSPS) is 12.7. The zero-order valence-corrected chi connectivity index (χ0v) is 12.4. The van der Waals surface area contributed by atoms with E-state index in [4.69, 9.17) is 4.84 Å². The third-order valence-corrected chi connectivity index (χ3v) is 3.15. The Hall–Kier alpha value is -2.40. The van der Waals surface area contributed by atoms with Crippen molar-refractivity contribution in [3.8, 4) is 0 Å². The molecule has 0 saturated carbocycles. The first-order valence-corrected chi connectivity index (χ1v) is 6.74. The number of benzene rings is 1. The number of allylic oxidation sites excluding steroid dienone is 3. The second-order valence-electron chi connectivity index (χ2n) is 4.76. The summed E-state index contributed by atoms with van der Waals surface area (Å²) in [5.74, 6) is 0. The minimum Gasteiger partial charge on any atom is -0.279 e. The van der Waals surface area contributed by atoms with Gasteiger partial charge in [0.05, 0.1) is 23.9 Å². The lowest BCUT2D eigenvalue weighted by Gasteiger charge is -2.07. The Kier molecular flexibility index (Phi) is 4.90. The number of aromatic nitrogens is 2. The van der Waals surface area contributed by atoms with Gasteiger partial charge in [-0.05, 0) is 26.0 Å². The largest absolute Gasteiger partial charge is 0.279 e. The molecule has 0 aliphatic carbocycles. The van der Waals surface area contributed by atoms with E-state index in [1.54, 1.807) is 7.11 Å². The second kappa shape index (κ2) is 6.85. The highest BCUT2D eigenvalue weighted by molar-refractivity contribution is 5.83. The van der Waals surface area contributed by atoms with Gasteiger partial charge in [-0.25, -0.2) is 5.10 Å². The number of aromatic amines is 1. The maximum atomic E-state index is 11.8. The van der Waals surface area contributed by atoms with E-state index in [9.17, 15) is 4.79 Å². The number of H-pyrrole nitrogens is 1. The smallest absolute Gasteiger partial charge is 0.272 e. The molecule has 21 heavy (non-hydrogen) atoms. The highest BCUT2D eigenvalue weighted by Gasteiger charge is 2.06. The minimum absolute atomic E-state index is 0.161. The molecule has 0 aliphatic rings. The molecule has 1 aromatic carbocycles. The number of nitrogens with zero attached hydrogens (tertiary/aromatic N) is 1. The number of rotatable bonds is 5. The number of fused-ring (bicyclic) bond motifs is 1. The van der Waals surface area contributed by atoms with Crippen LogP contribution in [0.1, 0.15) is 19.5 Å². The summed E-state index contributed by atoms with van der Waals surface area (Å²) in [5, 5.41) is 8.28. The highest BCUT2D eigenvalue weighted by Crippen LogP contribution is 2.16. The molecular weight excluding hydrogens is 266 g/mol. The third-order valence-electron chi connectivity index (χ3n) is 3.15. The molecule has 1 heterocycles. The van der Waals surface area contributed by atoms with Crippen molar-refractivity contribution in [3.63, 3.8) is 0 Å². The van der Waals surface area contributed by atoms with Gasteiger partial charge < -0.3 is 0 Å². The van der Waals surface area contributed by atoms with E-state index in [1.165, 1.54) is 0 Å². The monoisotopic (exact) mass is 285 g/mol. The van der Waals surface area contributed by atoms with Crippen LogP contribution in [-0.2, 0) is 11.3 Å². The molecule has 5 heteroatoms. The maximum Gasteiger partial charge on any atom is 0.272 e. The van der Waals surface area contributed by atoms with Gasteiger partial charge in [0.15, 0.2) is 0 Å². The van der Waals surface area contributed by atoms with Crippen LogP contribution in [0.5, 0.6) is 0 Å². The Bertz CT molecular complexity index is 745. The summed E-state index contributed by atoms with van der Waals surface area (Å²) >= 11 is 0. The number of hydroxylamine groups is 1. The molecular formula is C16H19N3O2. The van der Waals surface area contributed by atoms with Crippen LogP contribution in [-0.4, -0.2) is 17.3 Å². The number of hydrogen-bond acceptors (Lipinski definition) is 4. The van der Waals surface area contributed by atoms with E-state index in [1.807, 2.05) is 50.3 Å². The summed E-state index contributed by atoms with van der Waals surface area (Å²) in [6, 6.07) is 7.49. The Balaban J connectivity index is 2.34. The standard InChI is InChI=1S/C16H19N3O2/c1-4-12(19-21-3)9-11(2)10-15-13-7-5-6-8-14(13)16(20)18-17-15/h4-9,19H,10H2,1-3H3,(H,18,20)/b11-9+,12-4+. The van der Waals surface area contributed by atoms with E-state index in [0.717, 1.165) is 22.4 Å². The Morgan fingerprint density at radius 3 is 2.76 bits per heavy atom. The lowest BCUT2D eigenvalue weighted by Crippen LogP contribution is -2.12. The minimum atomic E-state index is -0.161. The van der Waals surface area contributed by atoms with Gasteiger partial charge in [0, 0.05) is 11.8 Å². The first-order valence-electron chi connectivity index (χ1n) is 6.74. The highest BCUT2D eigenvalue weighted by atomic mass is 16.6. The average molecular weight is 285 g/mol. The number of nitrogens with one attached hydrogen (secondary N) is 2. The van der Waals surface area contributed by atoms with Crippen LogP contribution in [0.4, 0.5) is 0 Å². The lowest BCUT2D eigenvalue weighted by molar-refractivity contribution is 0.121. The SMILES string of the molecule is C/C=C(\C=C(/C)Cc1n[nH]c(=O)c2ccccc12)NOC. The van der Waals surface area contributed by atoms with Gasteiger partial charge in [-0.1, -0.05) is 29.8 Å². The van der Waals surface area contributed by atoms with Gasteiger partial charge in [0.25, 0.3) is 5.56 Å². The predicted molar refractivity (Wildman–Crippen MR) is 83.7 cm³/mol. The average Bonchev–Trinajstić information content (AvgIpc) is 2.50. The molecule has 2 N–H and O–H groups in total. The van der Waals surface area contributed by atoms with Crippen molar-refractivity contribution in [3.05, 3.63) is 63.7 Å². The molecule has 0 aliphatic heterocycles. The van der Waals surface area contributed by atoms with Crippen LogP contribution in [0, 0.1) is 0 Å². The fourth-order valence-corrected chi connectivity index (χ4v) is 2.18. The van der Waals surface area contributed by atoms with Crippen LogP contribution in [0.2, 0.25) is 0 Å². The van der Waals surface area contributed by atoms with Crippen molar-refractivity contribution in [1.82, 2.24) is 15.7 Å². The van der Waals surface area contributed by atoms with Gasteiger partial charge >= 0.3 is 0 Å². The molecule has 0 saturated heterocycles. The Labute approximate surface area is 123 Å². The molecule has 2 aromatic rings. The number of hydrogen-bond donors (Lipinski definition) is 2. The first kappa shape index (κ1) is 15.0. The zero-order chi connectivity index (χ0) is 15.2. The van der Waals surface area contributed by atoms with E-state index >= 15 is 0 Å². The van der Waals surface area contributed by atoms with E-state index in [-0.39, 0.29) is 5.56 Å². The molecule has 0 atom stereocenters. The molecule has 110 valence electrons.